The summed E-state index contributed by atoms with van der Waals surface area (Å²) in [7, 11) is 0. The molecule has 11 heteroatoms. The number of fused-ring (bicyclic) bond motifs is 1. The molecule has 220 valence electrons. The van der Waals surface area contributed by atoms with Crippen molar-refractivity contribution < 1.29 is 33.4 Å². The lowest BCUT2D eigenvalue weighted by Gasteiger charge is -2.29. The van der Waals surface area contributed by atoms with E-state index in [1.165, 1.54) is 4.90 Å². The lowest BCUT2D eigenvalue weighted by Crippen LogP contribution is -2.52. The second-order valence-corrected chi connectivity index (χ2v) is 9.86. The third-order valence-electron chi connectivity index (χ3n) is 6.82. The first-order valence-electron chi connectivity index (χ1n) is 14.1. The van der Waals surface area contributed by atoms with Gasteiger partial charge in [0.05, 0.1) is 45.1 Å². The molecule has 0 saturated carbocycles. The molecule has 11 nitrogen and oxygen atoms in total. The number of carbonyl (C=O) groups excluding carboxylic acids is 4. The lowest BCUT2D eigenvalue weighted by molar-refractivity contribution is -0.137. The van der Waals surface area contributed by atoms with E-state index in [4.69, 9.17) is 14.2 Å². The summed E-state index contributed by atoms with van der Waals surface area (Å²) in [6.07, 6.45) is 1.47. The zero-order chi connectivity index (χ0) is 29.0. The van der Waals surface area contributed by atoms with Crippen LogP contribution in [0.25, 0.3) is 11.1 Å². The average molecular weight is 567 g/mol. The number of ether oxygens (including phenoxy) is 3. The number of nitrogens with zero attached hydrogens (tertiary/aromatic N) is 1. The van der Waals surface area contributed by atoms with E-state index in [2.05, 4.69) is 22.9 Å². The van der Waals surface area contributed by atoms with Gasteiger partial charge in [-0.25, -0.2) is 0 Å². The Hall–Kier alpha value is -3.80. The largest absolute Gasteiger partial charge is 0.379 e. The smallest absolute Gasteiger partial charge is 0.255 e. The van der Waals surface area contributed by atoms with Gasteiger partial charge in [0.2, 0.25) is 17.7 Å². The fourth-order valence-corrected chi connectivity index (χ4v) is 4.85. The van der Waals surface area contributed by atoms with Crippen molar-refractivity contribution in [2.24, 2.45) is 0 Å². The van der Waals surface area contributed by atoms with Gasteiger partial charge in [0.15, 0.2) is 0 Å². The van der Waals surface area contributed by atoms with Crippen LogP contribution in [0, 0.1) is 0 Å². The fourth-order valence-electron chi connectivity index (χ4n) is 4.85. The molecule has 4 rings (SSSR count). The average Bonchev–Trinajstić information content (AvgIpc) is 3.30. The van der Waals surface area contributed by atoms with Gasteiger partial charge in [-0.15, -0.1) is 0 Å². The number of rotatable bonds is 16. The molecule has 1 atom stereocenters. The maximum Gasteiger partial charge on any atom is 0.255 e. The number of amides is 4. The van der Waals surface area contributed by atoms with Crippen molar-refractivity contribution in [1.82, 2.24) is 15.5 Å². The predicted octanol–water partition coefficient (Wildman–Crippen LogP) is 2.10. The van der Waals surface area contributed by atoms with Crippen LogP contribution in [0.2, 0.25) is 0 Å². The van der Waals surface area contributed by atoms with E-state index in [1.807, 2.05) is 42.5 Å². The number of benzene rings is 2. The Balaban J connectivity index is 1.30. The Labute approximate surface area is 239 Å². The van der Waals surface area contributed by atoms with Crippen LogP contribution >= 0.6 is 0 Å². The van der Waals surface area contributed by atoms with E-state index < -0.39 is 11.9 Å². The standard InChI is InChI=1S/C30H38N4O7/c1-2-11-39-13-15-41-16-14-40-12-10-31-27(36)19-32-23-17-22-20-34(25-8-9-26(35)33-29(25)37)30(38)28(22)24(18-23)21-6-4-3-5-7-21/h3-7,17-18,25,32H,2,8-16,19-20H2,1H3,(H,31,36)(H,33,35,37). The molecule has 1 unspecified atom stereocenters. The Bertz CT molecular complexity index is 1220. The van der Waals surface area contributed by atoms with Crippen molar-refractivity contribution in [3.05, 3.63) is 53.6 Å². The topological polar surface area (TPSA) is 135 Å². The minimum Gasteiger partial charge on any atom is -0.379 e. The van der Waals surface area contributed by atoms with Crippen molar-refractivity contribution in [1.29, 1.82) is 0 Å². The molecule has 2 heterocycles. The van der Waals surface area contributed by atoms with E-state index in [1.54, 1.807) is 0 Å². The molecular formula is C30H38N4O7. The van der Waals surface area contributed by atoms with Crippen molar-refractivity contribution in [2.45, 2.75) is 38.8 Å². The molecule has 2 aromatic rings. The van der Waals surface area contributed by atoms with Crippen molar-refractivity contribution in [3.8, 4) is 11.1 Å². The normalized spacial score (nSPS) is 16.5. The van der Waals surface area contributed by atoms with E-state index in [0.29, 0.717) is 57.3 Å². The van der Waals surface area contributed by atoms with Gasteiger partial charge in [-0.05, 0) is 41.7 Å². The molecule has 4 amide bonds. The molecule has 0 bridgehead atoms. The van der Waals surface area contributed by atoms with Crippen LogP contribution in [0.3, 0.4) is 0 Å². The zero-order valence-corrected chi connectivity index (χ0v) is 23.4. The Morgan fingerprint density at radius 2 is 1.68 bits per heavy atom. The van der Waals surface area contributed by atoms with Crippen molar-refractivity contribution in [2.75, 3.05) is 58.0 Å². The van der Waals surface area contributed by atoms with E-state index in [9.17, 15) is 19.2 Å². The van der Waals surface area contributed by atoms with Gasteiger partial charge in [-0.1, -0.05) is 37.3 Å². The monoisotopic (exact) mass is 566 g/mol. The van der Waals surface area contributed by atoms with Gasteiger partial charge in [-0.3, -0.25) is 24.5 Å². The van der Waals surface area contributed by atoms with Gasteiger partial charge >= 0.3 is 0 Å². The molecule has 3 N–H and O–H groups in total. The highest BCUT2D eigenvalue weighted by molar-refractivity contribution is 6.09. The predicted molar refractivity (Wildman–Crippen MR) is 152 cm³/mol. The molecule has 0 radical (unpaired) electrons. The first-order valence-corrected chi connectivity index (χ1v) is 14.1. The van der Waals surface area contributed by atoms with Crippen molar-refractivity contribution >= 4 is 29.3 Å². The molecule has 0 aromatic heterocycles. The number of piperidine rings is 1. The van der Waals surface area contributed by atoms with E-state index in [0.717, 1.165) is 29.7 Å². The number of imide groups is 1. The molecule has 41 heavy (non-hydrogen) atoms. The summed E-state index contributed by atoms with van der Waals surface area (Å²) in [6.45, 7) is 5.83. The summed E-state index contributed by atoms with van der Waals surface area (Å²) in [4.78, 5) is 51.6. The summed E-state index contributed by atoms with van der Waals surface area (Å²) in [5.74, 6) is -1.21. The number of carbonyl (C=O) groups is 4. The van der Waals surface area contributed by atoms with E-state index >= 15 is 0 Å². The number of hydrogen-bond acceptors (Lipinski definition) is 8. The highest BCUT2D eigenvalue weighted by atomic mass is 16.5. The summed E-state index contributed by atoms with van der Waals surface area (Å²) in [5.41, 5.74) is 3.55. The van der Waals surface area contributed by atoms with Crippen LogP contribution in [-0.4, -0.2) is 87.3 Å². The second kappa shape index (κ2) is 15.3. The third-order valence-corrected chi connectivity index (χ3v) is 6.82. The van der Waals surface area contributed by atoms with Gasteiger partial charge in [0.25, 0.3) is 5.91 Å². The Morgan fingerprint density at radius 3 is 2.39 bits per heavy atom. The first-order chi connectivity index (χ1) is 20.0. The van der Waals surface area contributed by atoms with Crippen LogP contribution in [-0.2, 0) is 35.1 Å². The summed E-state index contributed by atoms with van der Waals surface area (Å²) in [5, 5.41) is 8.32. The van der Waals surface area contributed by atoms with Crippen LogP contribution < -0.4 is 16.0 Å². The zero-order valence-electron chi connectivity index (χ0n) is 23.4. The van der Waals surface area contributed by atoms with Crippen molar-refractivity contribution in [3.63, 3.8) is 0 Å². The van der Waals surface area contributed by atoms with Gasteiger partial charge in [-0.2, -0.15) is 0 Å². The molecular weight excluding hydrogens is 528 g/mol. The molecule has 0 spiro atoms. The molecule has 2 aliphatic heterocycles. The van der Waals surface area contributed by atoms with Crippen LogP contribution in [0.1, 0.15) is 42.1 Å². The van der Waals surface area contributed by atoms with Crippen LogP contribution in [0.5, 0.6) is 0 Å². The highest BCUT2D eigenvalue weighted by Gasteiger charge is 2.40. The van der Waals surface area contributed by atoms with Gasteiger partial charge in [0, 0.05) is 31.8 Å². The summed E-state index contributed by atoms with van der Waals surface area (Å²) >= 11 is 0. The molecule has 2 aromatic carbocycles. The number of anilines is 1. The SMILES string of the molecule is CCCOCCOCCOCCNC(=O)CNc1cc2c(c(-c3ccccc3)c1)C(=O)N(C1CCC(=O)NC1=O)C2. The highest BCUT2D eigenvalue weighted by Crippen LogP contribution is 2.37. The minimum absolute atomic E-state index is 0.0404. The van der Waals surface area contributed by atoms with Gasteiger partial charge in [0.1, 0.15) is 6.04 Å². The third kappa shape index (κ3) is 8.35. The minimum atomic E-state index is -0.702. The number of nitrogens with one attached hydrogen (secondary N) is 3. The maximum absolute atomic E-state index is 13.5. The quantitative estimate of drug-likeness (QED) is 0.208. The summed E-state index contributed by atoms with van der Waals surface area (Å²) in [6, 6.07) is 12.5. The summed E-state index contributed by atoms with van der Waals surface area (Å²) < 4.78 is 16.3. The molecule has 0 aliphatic carbocycles. The van der Waals surface area contributed by atoms with Crippen LogP contribution in [0.4, 0.5) is 5.69 Å². The lowest BCUT2D eigenvalue weighted by atomic mass is 9.95. The second-order valence-electron chi connectivity index (χ2n) is 9.86. The maximum atomic E-state index is 13.5. The molecule has 1 saturated heterocycles. The number of hydrogen-bond donors (Lipinski definition) is 3. The first kappa shape index (κ1) is 30.2. The van der Waals surface area contributed by atoms with Gasteiger partial charge < -0.3 is 29.7 Å². The Kier molecular flexibility index (Phi) is 11.2. The fraction of sp³-hybridized carbons (Fsp3) is 0.467. The van der Waals surface area contributed by atoms with Crippen LogP contribution in [0.15, 0.2) is 42.5 Å². The Morgan fingerprint density at radius 1 is 0.976 bits per heavy atom. The molecule has 2 aliphatic rings. The molecule has 1 fully saturated rings. The van der Waals surface area contributed by atoms with E-state index in [-0.39, 0.29) is 37.2 Å².